The van der Waals surface area contributed by atoms with Gasteiger partial charge in [0.1, 0.15) is 11.4 Å². The van der Waals surface area contributed by atoms with Crippen molar-refractivity contribution in [3.8, 4) is 5.82 Å². The lowest BCUT2D eigenvalue weighted by Gasteiger charge is -2.09. The number of carbonyl (C=O) groups is 2. The highest BCUT2D eigenvalue weighted by Crippen LogP contribution is 2.17. The number of aromatic nitrogens is 3. The number of rotatable bonds is 5. The van der Waals surface area contributed by atoms with Crippen molar-refractivity contribution in [3.05, 3.63) is 66.1 Å². The van der Waals surface area contributed by atoms with Crippen molar-refractivity contribution in [2.45, 2.75) is 6.42 Å². The second-order valence-electron chi connectivity index (χ2n) is 5.39. The zero-order valence-electron chi connectivity index (χ0n) is 13.1. The number of benzene rings is 1. The van der Waals surface area contributed by atoms with Crippen LogP contribution in [0, 0.1) is 0 Å². The summed E-state index contributed by atoms with van der Waals surface area (Å²) >= 11 is 0. The number of nitrogens with zero attached hydrogens (tertiary/aromatic N) is 3. The van der Waals surface area contributed by atoms with Gasteiger partial charge in [0.2, 0.25) is 5.91 Å². The minimum Gasteiger partial charge on any atom is -0.369 e. The molecule has 24 heavy (non-hydrogen) atoms. The molecule has 7 heteroatoms. The zero-order chi connectivity index (χ0) is 17.1. The molecule has 0 saturated heterocycles. The molecule has 3 aromatic rings. The largest absolute Gasteiger partial charge is 0.369 e. The smallest absolute Gasteiger partial charge is 0.261 e. The summed E-state index contributed by atoms with van der Waals surface area (Å²) in [5, 5.41) is 7.00. The molecule has 0 unspecified atom stereocenters. The van der Waals surface area contributed by atoms with Crippen LogP contribution in [0.25, 0.3) is 5.82 Å². The molecule has 0 bridgehead atoms. The van der Waals surface area contributed by atoms with Crippen LogP contribution in [0.15, 0.2) is 55.0 Å². The van der Waals surface area contributed by atoms with E-state index in [4.69, 9.17) is 5.73 Å². The van der Waals surface area contributed by atoms with Gasteiger partial charge in [-0.15, -0.1) is 0 Å². The van der Waals surface area contributed by atoms with Crippen LogP contribution in [-0.2, 0) is 18.3 Å². The van der Waals surface area contributed by atoms with E-state index in [2.05, 4.69) is 10.4 Å². The van der Waals surface area contributed by atoms with Gasteiger partial charge in [0.25, 0.3) is 5.91 Å². The van der Waals surface area contributed by atoms with Crippen molar-refractivity contribution in [1.82, 2.24) is 14.3 Å². The molecule has 0 saturated carbocycles. The van der Waals surface area contributed by atoms with E-state index in [0.29, 0.717) is 17.1 Å². The van der Waals surface area contributed by atoms with Gasteiger partial charge in [-0.1, -0.05) is 12.1 Å². The van der Waals surface area contributed by atoms with Gasteiger partial charge in [0, 0.05) is 25.1 Å². The zero-order valence-corrected chi connectivity index (χ0v) is 13.1. The van der Waals surface area contributed by atoms with Crippen molar-refractivity contribution in [1.29, 1.82) is 0 Å². The van der Waals surface area contributed by atoms with Crippen LogP contribution in [-0.4, -0.2) is 26.2 Å². The first-order chi connectivity index (χ1) is 11.5. The van der Waals surface area contributed by atoms with E-state index in [1.54, 1.807) is 36.0 Å². The highest BCUT2D eigenvalue weighted by molar-refractivity contribution is 6.06. The molecule has 0 aliphatic rings. The Morgan fingerprint density at radius 3 is 2.46 bits per heavy atom. The van der Waals surface area contributed by atoms with Crippen molar-refractivity contribution >= 4 is 17.5 Å². The van der Waals surface area contributed by atoms with E-state index in [1.165, 1.54) is 6.20 Å². The molecule has 2 aromatic heterocycles. The maximum atomic E-state index is 12.6. The Kier molecular flexibility index (Phi) is 4.15. The molecule has 3 N–H and O–H groups in total. The predicted octanol–water partition coefficient (Wildman–Crippen LogP) is 1.49. The summed E-state index contributed by atoms with van der Waals surface area (Å²) in [6.45, 7) is 0. The molecule has 0 atom stereocenters. The standard InChI is InChI=1S/C17H17N5O2/c1-21-17(22-8-2-3-9-22)14(11-19-21)16(24)20-13-6-4-12(5-7-13)10-15(18)23/h2-9,11H,10H2,1H3,(H2,18,23)(H,20,24). The molecule has 1 aromatic carbocycles. The van der Waals surface area contributed by atoms with Gasteiger partial charge >= 0.3 is 0 Å². The van der Waals surface area contributed by atoms with Crippen LogP contribution in [0.3, 0.4) is 0 Å². The van der Waals surface area contributed by atoms with Crippen LogP contribution in [0.2, 0.25) is 0 Å². The second kappa shape index (κ2) is 6.41. The quantitative estimate of drug-likeness (QED) is 0.744. The summed E-state index contributed by atoms with van der Waals surface area (Å²) in [4.78, 5) is 23.5. The lowest BCUT2D eigenvalue weighted by Crippen LogP contribution is -2.15. The first-order valence-electron chi connectivity index (χ1n) is 7.38. The normalized spacial score (nSPS) is 10.5. The Balaban J connectivity index is 1.80. The van der Waals surface area contributed by atoms with Crippen LogP contribution in [0.5, 0.6) is 0 Å². The van der Waals surface area contributed by atoms with Gasteiger partial charge in [-0.05, 0) is 29.8 Å². The van der Waals surface area contributed by atoms with Gasteiger partial charge in [0.15, 0.2) is 0 Å². The highest BCUT2D eigenvalue weighted by Gasteiger charge is 2.17. The van der Waals surface area contributed by atoms with Crippen molar-refractivity contribution in [3.63, 3.8) is 0 Å². The summed E-state index contributed by atoms with van der Waals surface area (Å²) in [5.41, 5.74) is 7.07. The van der Waals surface area contributed by atoms with Crippen LogP contribution in [0.4, 0.5) is 5.69 Å². The average Bonchev–Trinajstić information content (AvgIpc) is 3.17. The fourth-order valence-electron chi connectivity index (χ4n) is 2.48. The molecular weight excluding hydrogens is 306 g/mol. The topological polar surface area (TPSA) is 94.9 Å². The minimum absolute atomic E-state index is 0.175. The Bertz CT molecular complexity index is 863. The summed E-state index contributed by atoms with van der Waals surface area (Å²) in [6.07, 6.45) is 5.42. The van der Waals surface area contributed by atoms with E-state index >= 15 is 0 Å². The van der Waals surface area contributed by atoms with E-state index in [9.17, 15) is 9.59 Å². The van der Waals surface area contributed by atoms with Crippen molar-refractivity contribution in [2.24, 2.45) is 12.8 Å². The van der Waals surface area contributed by atoms with Crippen molar-refractivity contribution in [2.75, 3.05) is 5.32 Å². The molecule has 0 aliphatic heterocycles. The summed E-state index contributed by atoms with van der Waals surface area (Å²) in [6, 6.07) is 10.8. The number of nitrogens with two attached hydrogens (primary N) is 1. The maximum Gasteiger partial charge on any atom is 0.261 e. The fourth-order valence-corrected chi connectivity index (χ4v) is 2.48. The third-order valence-electron chi connectivity index (χ3n) is 3.59. The molecule has 0 radical (unpaired) electrons. The monoisotopic (exact) mass is 323 g/mol. The molecule has 2 heterocycles. The van der Waals surface area contributed by atoms with Gasteiger partial charge in [-0.25, -0.2) is 0 Å². The molecule has 0 spiro atoms. The summed E-state index contributed by atoms with van der Waals surface area (Å²) in [7, 11) is 1.78. The first-order valence-corrected chi connectivity index (χ1v) is 7.38. The van der Waals surface area contributed by atoms with Crippen LogP contribution in [0.1, 0.15) is 15.9 Å². The first kappa shape index (κ1) is 15.5. The number of carbonyl (C=O) groups excluding carboxylic acids is 2. The molecule has 0 aliphatic carbocycles. The summed E-state index contributed by atoms with van der Waals surface area (Å²) in [5.74, 6) is 0.0378. The van der Waals surface area contributed by atoms with Crippen molar-refractivity contribution < 1.29 is 9.59 Å². The lowest BCUT2D eigenvalue weighted by atomic mass is 10.1. The number of anilines is 1. The second-order valence-corrected chi connectivity index (χ2v) is 5.39. The third kappa shape index (κ3) is 3.19. The number of hydrogen-bond acceptors (Lipinski definition) is 3. The molecular formula is C17H17N5O2. The number of amides is 2. The van der Waals surface area contributed by atoms with Crippen LogP contribution >= 0.6 is 0 Å². The fraction of sp³-hybridized carbons (Fsp3) is 0.118. The molecule has 122 valence electrons. The Hall–Kier alpha value is -3.35. The Morgan fingerprint density at radius 1 is 1.17 bits per heavy atom. The Morgan fingerprint density at radius 2 is 1.83 bits per heavy atom. The lowest BCUT2D eigenvalue weighted by molar-refractivity contribution is -0.117. The maximum absolute atomic E-state index is 12.6. The molecule has 2 amide bonds. The third-order valence-corrected chi connectivity index (χ3v) is 3.59. The molecule has 0 fully saturated rings. The van der Waals surface area contributed by atoms with Gasteiger partial charge in [-0.3, -0.25) is 14.3 Å². The highest BCUT2D eigenvalue weighted by atomic mass is 16.2. The Labute approximate surface area is 138 Å². The number of hydrogen-bond donors (Lipinski definition) is 2. The van der Waals surface area contributed by atoms with Gasteiger partial charge < -0.3 is 15.6 Å². The predicted molar refractivity (Wildman–Crippen MR) is 89.8 cm³/mol. The number of primary amides is 1. The van der Waals surface area contributed by atoms with E-state index < -0.39 is 5.91 Å². The van der Waals surface area contributed by atoms with E-state index in [-0.39, 0.29) is 12.3 Å². The molecule has 7 nitrogen and oxygen atoms in total. The van der Waals surface area contributed by atoms with E-state index in [0.717, 1.165) is 5.56 Å². The molecule has 3 rings (SSSR count). The average molecular weight is 323 g/mol. The number of aryl methyl sites for hydroxylation is 1. The number of nitrogens with one attached hydrogen (secondary N) is 1. The van der Waals surface area contributed by atoms with E-state index in [1.807, 2.05) is 29.1 Å². The summed E-state index contributed by atoms with van der Waals surface area (Å²) < 4.78 is 3.47. The SMILES string of the molecule is Cn1ncc(C(=O)Nc2ccc(CC(N)=O)cc2)c1-n1cccc1. The van der Waals surface area contributed by atoms with Crippen LogP contribution < -0.4 is 11.1 Å². The minimum atomic E-state index is -0.390. The van der Waals surface area contributed by atoms with Gasteiger partial charge in [0.05, 0.1) is 12.6 Å². The van der Waals surface area contributed by atoms with Gasteiger partial charge in [-0.2, -0.15) is 5.10 Å².